The molecule has 2 rings (SSSR count). The van der Waals surface area contributed by atoms with Crippen LogP contribution in [0.3, 0.4) is 0 Å². The minimum atomic E-state index is -2.42. The molecule has 19 heavy (non-hydrogen) atoms. The van der Waals surface area contributed by atoms with Crippen LogP contribution < -0.4 is 0 Å². The molecule has 0 aliphatic heterocycles. The third kappa shape index (κ3) is 3.42. The predicted molar refractivity (Wildman–Crippen MR) is 71.9 cm³/mol. The van der Waals surface area contributed by atoms with Crippen LogP contribution in [0.1, 0.15) is 5.56 Å². The van der Waals surface area contributed by atoms with Crippen molar-refractivity contribution in [3.8, 4) is 0 Å². The fourth-order valence-electron chi connectivity index (χ4n) is 1.70. The SMILES string of the molecule is O=C(OCc1ccccc1)C1C=CC=CC1=S(=O)=O. The van der Waals surface area contributed by atoms with Crippen molar-refractivity contribution in [1.29, 1.82) is 0 Å². The molecule has 1 aromatic rings. The zero-order chi connectivity index (χ0) is 13.7. The maximum atomic E-state index is 11.9. The summed E-state index contributed by atoms with van der Waals surface area (Å²) in [6.07, 6.45) is 6.12. The molecule has 0 fully saturated rings. The number of hydrogen-bond acceptors (Lipinski definition) is 4. The maximum Gasteiger partial charge on any atom is 0.318 e. The van der Waals surface area contributed by atoms with Gasteiger partial charge >= 0.3 is 5.97 Å². The van der Waals surface area contributed by atoms with Crippen LogP contribution in [0, 0.1) is 5.92 Å². The molecule has 0 radical (unpaired) electrons. The second-order valence-electron chi connectivity index (χ2n) is 3.95. The number of allylic oxidation sites excluding steroid dienone is 3. The van der Waals surface area contributed by atoms with E-state index in [1.54, 1.807) is 12.2 Å². The van der Waals surface area contributed by atoms with E-state index in [0.717, 1.165) is 5.56 Å². The molecular formula is C14H12O4S. The molecule has 0 spiro atoms. The van der Waals surface area contributed by atoms with Gasteiger partial charge in [0.2, 0.25) is 10.3 Å². The summed E-state index contributed by atoms with van der Waals surface area (Å²) in [5, 5.41) is 0. The zero-order valence-electron chi connectivity index (χ0n) is 10.0. The first-order valence-electron chi connectivity index (χ1n) is 5.70. The monoisotopic (exact) mass is 276 g/mol. The zero-order valence-corrected chi connectivity index (χ0v) is 10.8. The number of ether oxygens (including phenoxy) is 1. The lowest BCUT2D eigenvalue weighted by atomic mass is 10.0. The maximum absolute atomic E-state index is 11.9. The molecule has 4 nitrogen and oxygen atoms in total. The molecule has 0 N–H and O–H groups in total. The van der Waals surface area contributed by atoms with Crippen LogP contribution in [0.5, 0.6) is 0 Å². The summed E-state index contributed by atoms with van der Waals surface area (Å²) in [6, 6.07) is 9.22. The van der Waals surface area contributed by atoms with E-state index in [-0.39, 0.29) is 11.5 Å². The molecule has 0 bridgehead atoms. The highest BCUT2D eigenvalue weighted by Crippen LogP contribution is 2.12. The molecule has 1 aliphatic rings. The Balaban J connectivity index is 2.06. The molecule has 1 aromatic carbocycles. The summed E-state index contributed by atoms with van der Waals surface area (Å²) in [4.78, 5) is 11.9. The van der Waals surface area contributed by atoms with E-state index in [2.05, 4.69) is 0 Å². The van der Waals surface area contributed by atoms with Gasteiger partial charge in [-0.05, 0) is 11.6 Å². The van der Waals surface area contributed by atoms with Crippen LogP contribution in [0.15, 0.2) is 54.6 Å². The highest BCUT2D eigenvalue weighted by molar-refractivity contribution is 7.73. The molecule has 0 saturated heterocycles. The van der Waals surface area contributed by atoms with Gasteiger partial charge in [0.25, 0.3) is 0 Å². The van der Waals surface area contributed by atoms with Crippen LogP contribution in [0.2, 0.25) is 0 Å². The summed E-state index contributed by atoms with van der Waals surface area (Å²) in [5.41, 5.74) is 0.857. The Morgan fingerprint density at radius 3 is 2.58 bits per heavy atom. The van der Waals surface area contributed by atoms with E-state index in [9.17, 15) is 13.2 Å². The number of benzene rings is 1. The third-order valence-electron chi connectivity index (χ3n) is 2.65. The van der Waals surface area contributed by atoms with E-state index >= 15 is 0 Å². The number of carbonyl (C=O) groups is 1. The quantitative estimate of drug-likeness (QED) is 0.620. The molecule has 0 amide bonds. The van der Waals surface area contributed by atoms with Crippen molar-refractivity contribution in [1.82, 2.24) is 0 Å². The van der Waals surface area contributed by atoms with Crippen LogP contribution in [-0.2, 0) is 26.4 Å². The summed E-state index contributed by atoms with van der Waals surface area (Å²) in [7, 11) is -2.42. The summed E-state index contributed by atoms with van der Waals surface area (Å²) in [6.45, 7) is 0.131. The normalized spacial score (nSPS) is 17.3. The number of esters is 1. The Morgan fingerprint density at radius 2 is 1.89 bits per heavy atom. The van der Waals surface area contributed by atoms with E-state index in [0.29, 0.717) is 0 Å². The van der Waals surface area contributed by atoms with Crippen LogP contribution in [0.25, 0.3) is 0 Å². The van der Waals surface area contributed by atoms with Crippen molar-refractivity contribution in [2.24, 2.45) is 5.92 Å². The lowest BCUT2D eigenvalue weighted by molar-refractivity contribution is -0.146. The topological polar surface area (TPSA) is 60.4 Å². The molecule has 98 valence electrons. The Bertz CT molecular complexity index is 646. The van der Waals surface area contributed by atoms with Crippen LogP contribution in [0.4, 0.5) is 0 Å². The fourth-order valence-corrected chi connectivity index (χ4v) is 2.27. The molecule has 1 atom stereocenters. The first-order chi connectivity index (χ1) is 9.18. The molecule has 1 unspecified atom stereocenters. The van der Waals surface area contributed by atoms with Gasteiger partial charge in [0.05, 0.1) is 4.86 Å². The highest BCUT2D eigenvalue weighted by atomic mass is 32.2. The summed E-state index contributed by atoms with van der Waals surface area (Å²) in [5.74, 6) is -1.42. The first-order valence-corrected chi connectivity index (χ1v) is 6.77. The van der Waals surface area contributed by atoms with E-state index < -0.39 is 22.2 Å². The number of hydrogen-bond donors (Lipinski definition) is 0. The van der Waals surface area contributed by atoms with Gasteiger partial charge in [-0.15, -0.1) is 0 Å². The van der Waals surface area contributed by atoms with Crippen molar-refractivity contribution in [2.75, 3.05) is 0 Å². The van der Waals surface area contributed by atoms with Crippen LogP contribution in [-0.4, -0.2) is 19.3 Å². The van der Waals surface area contributed by atoms with Gasteiger partial charge in [-0.25, -0.2) is 0 Å². The lowest BCUT2D eigenvalue weighted by Gasteiger charge is -2.13. The molecule has 1 aliphatic carbocycles. The first kappa shape index (κ1) is 13.3. The van der Waals surface area contributed by atoms with Gasteiger partial charge in [-0.3, -0.25) is 4.79 Å². The highest BCUT2D eigenvalue weighted by Gasteiger charge is 2.24. The van der Waals surface area contributed by atoms with Crippen LogP contribution >= 0.6 is 0 Å². The van der Waals surface area contributed by atoms with Gasteiger partial charge in [0.1, 0.15) is 12.5 Å². The Labute approximate surface area is 112 Å². The van der Waals surface area contributed by atoms with E-state index in [4.69, 9.17) is 4.74 Å². The van der Waals surface area contributed by atoms with Crippen molar-refractivity contribution in [2.45, 2.75) is 6.61 Å². The van der Waals surface area contributed by atoms with Crippen molar-refractivity contribution in [3.05, 3.63) is 60.2 Å². The molecule has 0 heterocycles. The van der Waals surface area contributed by atoms with E-state index in [1.165, 1.54) is 12.2 Å². The van der Waals surface area contributed by atoms with Gasteiger partial charge < -0.3 is 4.74 Å². The second kappa shape index (κ2) is 6.15. The Morgan fingerprint density at radius 1 is 1.16 bits per heavy atom. The molecule has 5 heteroatoms. The van der Waals surface area contributed by atoms with Gasteiger partial charge in [0, 0.05) is 0 Å². The number of rotatable bonds is 3. The van der Waals surface area contributed by atoms with Crippen molar-refractivity contribution >= 4 is 21.1 Å². The minimum absolute atomic E-state index is 0.0283. The average molecular weight is 276 g/mol. The van der Waals surface area contributed by atoms with Gasteiger partial charge in [-0.2, -0.15) is 8.42 Å². The Hall–Kier alpha value is -2.14. The standard InChI is InChI=1S/C14H12O4S/c15-14(18-10-11-6-2-1-3-7-11)12-8-4-5-9-13(12)19(16)17/h1-9,12H,10H2. The van der Waals surface area contributed by atoms with E-state index in [1.807, 2.05) is 30.3 Å². The predicted octanol–water partition coefficient (Wildman–Crippen LogP) is 1.52. The average Bonchev–Trinajstić information content (AvgIpc) is 2.46. The van der Waals surface area contributed by atoms with Gasteiger partial charge in [0.15, 0.2) is 0 Å². The largest absolute Gasteiger partial charge is 0.460 e. The summed E-state index contributed by atoms with van der Waals surface area (Å²) >= 11 is 0. The lowest BCUT2D eigenvalue weighted by Crippen LogP contribution is -2.25. The van der Waals surface area contributed by atoms with Crippen molar-refractivity contribution in [3.63, 3.8) is 0 Å². The molecule has 0 aromatic heterocycles. The van der Waals surface area contributed by atoms with Gasteiger partial charge in [-0.1, -0.05) is 48.6 Å². The Kier molecular flexibility index (Phi) is 4.30. The smallest absolute Gasteiger partial charge is 0.318 e. The molecule has 0 saturated carbocycles. The summed E-state index contributed by atoms with van der Waals surface area (Å²) < 4.78 is 27.2. The fraction of sp³-hybridized carbons (Fsp3) is 0.143. The second-order valence-corrected chi connectivity index (χ2v) is 4.89. The number of carbonyl (C=O) groups excluding carboxylic acids is 1. The third-order valence-corrected chi connectivity index (χ3v) is 3.43. The minimum Gasteiger partial charge on any atom is -0.460 e. The van der Waals surface area contributed by atoms with Crippen molar-refractivity contribution < 1.29 is 17.9 Å². The molecular weight excluding hydrogens is 264 g/mol.